The van der Waals surface area contributed by atoms with Crippen LogP contribution in [-0.2, 0) is 14.4 Å². The van der Waals surface area contributed by atoms with Crippen LogP contribution >= 0.6 is 0 Å². The van der Waals surface area contributed by atoms with Crippen molar-refractivity contribution >= 4 is 17.5 Å². The molecule has 0 amide bonds. The van der Waals surface area contributed by atoms with Gasteiger partial charge in [0.2, 0.25) is 5.78 Å². The molecule has 28 heavy (non-hydrogen) atoms. The van der Waals surface area contributed by atoms with Crippen LogP contribution in [0.5, 0.6) is 0 Å². The van der Waals surface area contributed by atoms with Crippen LogP contribution in [0.4, 0.5) is 4.39 Å². The Morgan fingerprint density at radius 3 is 2.54 bits per heavy atom. The fraction of sp³-hybridized carbons (Fsp3) is 0.682. The molecule has 0 saturated heterocycles. The second-order valence-corrected chi connectivity index (χ2v) is 9.82. The van der Waals surface area contributed by atoms with Crippen molar-refractivity contribution in [1.29, 1.82) is 0 Å². The summed E-state index contributed by atoms with van der Waals surface area (Å²) in [5, 5.41) is 20.5. The number of hydrogen-bond acceptors (Lipinski definition) is 4. The van der Waals surface area contributed by atoms with Crippen LogP contribution in [0.1, 0.15) is 46.5 Å². The average Bonchev–Trinajstić information content (AvgIpc) is 2.87. The van der Waals surface area contributed by atoms with Crippen LogP contribution in [0.25, 0.3) is 0 Å². The maximum absolute atomic E-state index is 15.3. The van der Waals surface area contributed by atoms with Gasteiger partial charge in [-0.2, -0.15) is 0 Å². The zero-order valence-electron chi connectivity index (χ0n) is 16.4. The monoisotopic (exact) mass is 390 g/mol. The van der Waals surface area contributed by atoms with E-state index in [9.17, 15) is 24.6 Å². The summed E-state index contributed by atoms with van der Waals surface area (Å²) in [6.07, 6.45) is 4.02. The second kappa shape index (κ2) is 5.85. The molecule has 6 heteroatoms. The maximum Gasteiger partial charge on any atom is 0.372 e. The van der Waals surface area contributed by atoms with Gasteiger partial charge in [-0.3, -0.25) is 9.59 Å². The molecule has 5 nitrogen and oxygen atoms in total. The number of fused-ring (bicyclic) bond motifs is 5. The summed E-state index contributed by atoms with van der Waals surface area (Å²) < 4.78 is 15.3. The molecule has 0 heterocycles. The van der Waals surface area contributed by atoms with Crippen LogP contribution in [0.15, 0.2) is 23.8 Å². The van der Waals surface area contributed by atoms with Crippen LogP contribution < -0.4 is 0 Å². The molecule has 0 spiro atoms. The minimum atomic E-state index is -1.44. The Kier molecular flexibility index (Phi) is 4.07. The lowest BCUT2D eigenvalue weighted by Crippen LogP contribution is -2.62. The minimum absolute atomic E-state index is 0.185. The van der Waals surface area contributed by atoms with Gasteiger partial charge in [-0.1, -0.05) is 26.8 Å². The smallest absolute Gasteiger partial charge is 0.372 e. The van der Waals surface area contributed by atoms with Crippen molar-refractivity contribution in [3.8, 4) is 0 Å². The van der Waals surface area contributed by atoms with Crippen molar-refractivity contribution in [2.24, 2.45) is 34.0 Å². The second-order valence-electron chi connectivity index (χ2n) is 9.82. The molecule has 8 atom stereocenters. The topological polar surface area (TPSA) is 91.7 Å². The van der Waals surface area contributed by atoms with E-state index in [-0.39, 0.29) is 24.0 Å². The molecule has 152 valence electrons. The molecule has 4 aliphatic carbocycles. The van der Waals surface area contributed by atoms with Gasteiger partial charge in [0.05, 0.1) is 6.10 Å². The maximum atomic E-state index is 15.3. The first-order chi connectivity index (χ1) is 13.0. The normalized spacial score (nSPS) is 49.7. The summed E-state index contributed by atoms with van der Waals surface area (Å²) in [6.45, 7) is 5.82. The molecule has 0 aromatic heterocycles. The molecule has 0 bridgehead atoms. The quantitative estimate of drug-likeness (QED) is 0.708. The summed E-state index contributed by atoms with van der Waals surface area (Å²) in [4.78, 5) is 35.6. The highest BCUT2D eigenvalue weighted by atomic mass is 19.1. The van der Waals surface area contributed by atoms with E-state index in [1.165, 1.54) is 12.2 Å². The SMILES string of the molecule is CC12C=CC(=O)C=C1C(F)CC1C2C(O)CC2(C)C(C(=O)C(=O)O)CCC12C. The summed E-state index contributed by atoms with van der Waals surface area (Å²) in [5.74, 6) is -3.63. The van der Waals surface area contributed by atoms with E-state index in [4.69, 9.17) is 0 Å². The Labute approximate surface area is 163 Å². The molecule has 0 aromatic carbocycles. The molecule has 0 aromatic rings. The highest BCUT2D eigenvalue weighted by molar-refractivity contribution is 6.33. The third kappa shape index (κ3) is 2.24. The van der Waals surface area contributed by atoms with Crippen molar-refractivity contribution in [2.75, 3.05) is 0 Å². The highest BCUT2D eigenvalue weighted by Crippen LogP contribution is 2.71. The lowest BCUT2D eigenvalue weighted by Gasteiger charge is -2.63. The van der Waals surface area contributed by atoms with E-state index in [1.807, 2.05) is 20.8 Å². The summed E-state index contributed by atoms with van der Waals surface area (Å²) >= 11 is 0. The van der Waals surface area contributed by atoms with Crippen molar-refractivity contribution < 1.29 is 29.0 Å². The number of aliphatic hydroxyl groups excluding tert-OH is 1. The van der Waals surface area contributed by atoms with Gasteiger partial charge in [-0.15, -0.1) is 0 Å². The predicted molar refractivity (Wildman–Crippen MR) is 99.0 cm³/mol. The molecule has 0 aliphatic heterocycles. The fourth-order valence-electron chi connectivity index (χ4n) is 7.24. The molecule has 3 saturated carbocycles. The van der Waals surface area contributed by atoms with Gasteiger partial charge < -0.3 is 10.2 Å². The van der Waals surface area contributed by atoms with Gasteiger partial charge in [-0.05, 0) is 60.2 Å². The molecule has 3 fully saturated rings. The van der Waals surface area contributed by atoms with Gasteiger partial charge in [0.1, 0.15) is 6.17 Å². The number of halogens is 1. The third-order valence-electron chi connectivity index (χ3n) is 8.86. The van der Waals surface area contributed by atoms with Gasteiger partial charge in [0.25, 0.3) is 0 Å². The average molecular weight is 390 g/mol. The number of hydrogen-bond donors (Lipinski definition) is 2. The molecule has 2 N–H and O–H groups in total. The van der Waals surface area contributed by atoms with Crippen molar-refractivity contribution in [3.05, 3.63) is 23.8 Å². The third-order valence-corrected chi connectivity index (χ3v) is 8.86. The van der Waals surface area contributed by atoms with E-state index in [0.717, 1.165) is 0 Å². The van der Waals surface area contributed by atoms with Crippen molar-refractivity contribution in [1.82, 2.24) is 0 Å². The number of aliphatic hydroxyl groups is 1. The Morgan fingerprint density at radius 1 is 1.21 bits per heavy atom. The lowest BCUT2D eigenvalue weighted by molar-refractivity contribution is -0.175. The molecular weight excluding hydrogens is 363 g/mol. The Morgan fingerprint density at radius 2 is 1.89 bits per heavy atom. The van der Waals surface area contributed by atoms with E-state index in [1.54, 1.807) is 6.08 Å². The van der Waals surface area contributed by atoms with Crippen LogP contribution in [0.2, 0.25) is 0 Å². The first-order valence-electron chi connectivity index (χ1n) is 10.0. The number of Topliss-reactive ketones (excluding diaryl/α,β-unsaturated/α-hetero) is 1. The van der Waals surface area contributed by atoms with Gasteiger partial charge >= 0.3 is 5.97 Å². The van der Waals surface area contributed by atoms with Crippen molar-refractivity contribution in [2.45, 2.75) is 58.7 Å². The number of allylic oxidation sites excluding steroid dienone is 4. The number of carboxylic acids is 1. The van der Waals surface area contributed by atoms with Gasteiger partial charge in [0.15, 0.2) is 5.78 Å². The number of alkyl halides is 1. The zero-order valence-corrected chi connectivity index (χ0v) is 16.4. The first kappa shape index (κ1) is 19.5. The van der Waals surface area contributed by atoms with Crippen LogP contribution in [0, 0.1) is 34.0 Å². The van der Waals surface area contributed by atoms with E-state index >= 15 is 4.39 Å². The van der Waals surface area contributed by atoms with E-state index in [0.29, 0.717) is 24.8 Å². The predicted octanol–water partition coefficient (Wildman–Crippen LogP) is 2.87. The number of carboxylic acid groups (broad SMARTS) is 1. The summed E-state index contributed by atoms with van der Waals surface area (Å²) in [5.41, 5.74) is -1.48. The summed E-state index contributed by atoms with van der Waals surface area (Å²) in [6, 6.07) is 0. The summed E-state index contributed by atoms with van der Waals surface area (Å²) in [7, 11) is 0. The number of rotatable bonds is 2. The van der Waals surface area contributed by atoms with Crippen molar-refractivity contribution in [3.63, 3.8) is 0 Å². The fourth-order valence-corrected chi connectivity index (χ4v) is 7.24. The lowest BCUT2D eigenvalue weighted by atomic mass is 9.41. The Hall–Kier alpha value is -1.82. The van der Waals surface area contributed by atoms with E-state index in [2.05, 4.69) is 0 Å². The molecular formula is C22H27FO5. The largest absolute Gasteiger partial charge is 0.475 e. The van der Waals surface area contributed by atoms with Crippen LogP contribution in [-0.4, -0.2) is 40.0 Å². The molecule has 4 aliphatic rings. The number of aliphatic carboxylic acids is 1. The molecule has 0 radical (unpaired) electrons. The number of ketones is 2. The number of carbonyl (C=O) groups is 3. The molecule has 8 unspecified atom stereocenters. The minimum Gasteiger partial charge on any atom is -0.475 e. The standard InChI is InChI=1S/C22H27FO5/c1-20-6-4-11(24)8-13(20)15(23)9-14-17(20)16(25)10-22(3)12(18(26)19(27)28)5-7-21(14,22)2/h4,6,8,12,14-17,25H,5,7,9-10H2,1-3H3,(H,27,28). The highest BCUT2D eigenvalue weighted by Gasteiger charge is 2.69. The van der Waals surface area contributed by atoms with Crippen LogP contribution in [0.3, 0.4) is 0 Å². The molecule has 4 rings (SSSR count). The van der Waals surface area contributed by atoms with Gasteiger partial charge in [0, 0.05) is 17.3 Å². The van der Waals surface area contributed by atoms with E-state index < -0.39 is 46.2 Å². The first-order valence-corrected chi connectivity index (χ1v) is 10.0. The zero-order chi connectivity index (χ0) is 20.6. The van der Waals surface area contributed by atoms with Gasteiger partial charge in [-0.25, -0.2) is 9.18 Å². The number of carbonyl (C=O) groups excluding carboxylic acids is 2. The Bertz CT molecular complexity index is 831. The Balaban J connectivity index is 1.81.